The molecule has 9 nitrogen and oxygen atoms in total. The predicted molar refractivity (Wildman–Crippen MR) is 91.6 cm³/mol. The Labute approximate surface area is 150 Å². The lowest BCUT2D eigenvalue weighted by Gasteiger charge is -2.40. The van der Waals surface area contributed by atoms with Crippen LogP contribution in [0.4, 0.5) is 10.5 Å². The molecule has 1 amide bonds. The quantitative estimate of drug-likeness (QED) is 0.628. The molecular weight excluding hydrogens is 344 g/mol. The van der Waals surface area contributed by atoms with E-state index in [0.717, 1.165) is 6.07 Å². The smallest absolute Gasteiger partial charge is 0.410 e. The van der Waals surface area contributed by atoms with Crippen LogP contribution in [0.2, 0.25) is 0 Å². The molecular formula is C17H22N2O7. The highest BCUT2D eigenvalue weighted by Crippen LogP contribution is 2.32. The molecule has 0 bridgehead atoms. The van der Waals surface area contributed by atoms with Gasteiger partial charge in [0.2, 0.25) is 0 Å². The van der Waals surface area contributed by atoms with Crippen LogP contribution in [0, 0.1) is 17.0 Å². The van der Waals surface area contributed by atoms with Gasteiger partial charge in [-0.2, -0.15) is 0 Å². The number of nitrogens with zero attached hydrogens (tertiary/aromatic N) is 2. The first kappa shape index (κ1) is 19.5. The van der Waals surface area contributed by atoms with Crippen molar-refractivity contribution >= 4 is 17.7 Å². The second-order valence-electron chi connectivity index (χ2n) is 7.12. The number of carbonyl (C=O) groups excluding carboxylic acids is 1. The van der Waals surface area contributed by atoms with Gasteiger partial charge in [0.05, 0.1) is 16.5 Å². The summed E-state index contributed by atoms with van der Waals surface area (Å²) in [4.78, 5) is 35.4. The van der Waals surface area contributed by atoms with Crippen LogP contribution in [-0.4, -0.2) is 51.8 Å². The fourth-order valence-corrected chi connectivity index (χ4v) is 2.52. The van der Waals surface area contributed by atoms with Crippen molar-refractivity contribution in [3.63, 3.8) is 0 Å². The second-order valence-corrected chi connectivity index (χ2v) is 7.12. The Bertz CT molecular complexity index is 739. The van der Waals surface area contributed by atoms with Gasteiger partial charge >= 0.3 is 17.7 Å². The molecule has 1 atom stereocenters. The summed E-state index contributed by atoms with van der Waals surface area (Å²) in [5.74, 6) is -1.32. The number of aryl methyl sites for hydroxylation is 1. The van der Waals surface area contributed by atoms with Crippen LogP contribution in [0.3, 0.4) is 0 Å². The number of ether oxygens (including phenoxy) is 2. The minimum atomic E-state index is -1.19. The summed E-state index contributed by atoms with van der Waals surface area (Å²) in [6.07, 6.45) is 0.201. The number of nitro groups is 1. The molecule has 1 saturated heterocycles. The number of rotatable bonds is 5. The molecule has 1 fully saturated rings. The van der Waals surface area contributed by atoms with Gasteiger partial charge in [0.25, 0.3) is 0 Å². The maximum absolute atomic E-state index is 12.1. The molecule has 2 rings (SSSR count). The maximum atomic E-state index is 12.1. The number of benzene rings is 1. The van der Waals surface area contributed by atoms with E-state index in [1.54, 1.807) is 20.8 Å². The van der Waals surface area contributed by atoms with Crippen LogP contribution >= 0.6 is 0 Å². The number of carboxylic acids is 1. The molecule has 1 aromatic rings. The molecule has 0 aliphatic carbocycles. The predicted octanol–water partition coefficient (Wildman–Crippen LogP) is 2.99. The van der Waals surface area contributed by atoms with Gasteiger partial charge in [0.1, 0.15) is 12.2 Å². The molecule has 1 N–H and O–H groups in total. The fraction of sp³-hybridized carbons (Fsp3) is 0.529. The summed E-state index contributed by atoms with van der Waals surface area (Å²) >= 11 is 0. The van der Waals surface area contributed by atoms with Crippen LogP contribution in [0.15, 0.2) is 12.1 Å². The Balaban J connectivity index is 2.11. The van der Waals surface area contributed by atoms with Crippen molar-refractivity contribution in [1.29, 1.82) is 0 Å². The van der Waals surface area contributed by atoms with Crippen LogP contribution in [0.1, 0.15) is 43.1 Å². The molecule has 0 radical (unpaired) electrons. The van der Waals surface area contributed by atoms with Crippen molar-refractivity contribution < 1.29 is 29.1 Å². The SMILES string of the molecule is Cc1cc([N+](=O)[O-])c(OC[C@@H]2CCN2C(=O)OC(C)(C)C)cc1C(=O)O. The largest absolute Gasteiger partial charge is 0.485 e. The Kier molecular flexibility index (Phi) is 5.38. The number of aromatic carboxylic acids is 1. The van der Waals surface area contributed by atoms with Gasteiger partial charge in [-0.05, 0) is 39.7 Å². The summed E-state index contributed by atoms with van der Waals surface area (Å²) in [5, 5.41) is 20.4. The van der Waals surface area contributed by atoms with Crippen molar-refractivity contribution in [2.75, 3.05) is 13.2 Å². The fourth-order valence-electron chi connectivity index (χ4n) is 2.52. The standard InChI is InChI=1S/C17H22N2O7/c1-10-7-13(19(23)24)14(8-12(10)15(20)21)25-9-11-5-6-18(11)16(22)26-17(2,3)4/h7-8,11H,5-6,9H2,1-4H3,(H,20,21)/t11-/m0/s1. The Morgan fingerprint density at radius 1 is 1.38 bits per heavy atom. The van der Waals surface area contributed by atoms with E-state index in [9.17, 15) is 24.8 Å². The average molecular weight is 366 g/mol. The topological polar surface area (TPSA) is 119 Å². The summed E-state index contributed by atoms with van der Waals surface area (Å²) in [7, 11) is 0. The van der Waals surface area contributed by atoms with Crippen molar-refractivity contribution in [1.82, 2.24) is 4.90 Å². The van der Waals surface area contributed by atoms with E-state index < -0.39 is 22.6 Å². The maximum Gasteiger partial charge on any atom is 0.410 e. The highest BCUT2D eigenvalue weighted by molar-refractivity contribution is 5.90. The Hall–Kier alpha value is -2.84. The molecule has 1 aliphatic heterocycles. The minimum absolute atomic E-state index is 0.0161. The minimum Gasteiger partial charge on any atom is -0.485 e. The van der Waals surface area contributed by atoms with Crippen molar-refractivity contribution in [3.05, 3.63) is 33.4 Å². The first-order valence-electron chi connectivity index (χ1n) is 8.14. The van der Waals surface area contributed by atoms with Gasteiger partial charge in [0, 0.05) is 18.7 Å². The normalized spacial score (nSPS) is 16.6. The van der Waals surface area contributed by atoms with Crippen LogP contribution < -0.4 is 4.74 Å². The number of carbonyl (C=O) groups is 2. The molecule has 9 heteroatoms. The summed E-state index contributed by atoms with van der Waals surface area (Å²) in [6.45, 7) is 7.30. The first-order chi connectivity index (χ1) is 12.0. The lowest BCUT2D eigenvalue weighted by Crippen LogP contribution is -2.55. The Morgan fingerprint density at radius 3 is 2.50 bits per heavy atom. The molecule has 26 heavy (non-hydrogen) atoms. The highest BCUT2D eigenvalue weighted by Gasteiger charge is 2.36. The third-order valence-corrected chi connectivity index (χ3v) is 3.94. The summed E-state index contributed by atoms with van der Waals surface area (Å²) < 4.78 is 10.8. The third kappa shape index (κ3) is 4.41. The molecule has 1 heterocycles. The van der Waals surface area contributed by atoms with E-state index >= 15 is 0 Å². The number of amides is 1. The zero-order valence-electron chi connectivity index (χ0n) is 15.1. The number of carboxylic acid groups (broad SMARTS) is 1. The molecule has 1 aliphatic rings. The molecule has 0 spiro atoms. The zero-order chi connectivity index (χ0) is 19.6. The lowest BCUT2D eigenvalue weighted by atomic mass is 10.0. The van der Waals surface area contributed by atoms with E-state index in [1.165, 1.54) is 17.9 Å². The highest BCUT2D eigenvalue weighted by atomic mass is 16.6. The van der Waals surface area contributed by atoms with Crippen molar-refractivity contribution in [2.24, 2.45) is 0 Å². The Morgan fingerprint density at radius 2 is 2.04 bits per heavy atom. The van der Waals surface area contributed by atoms with Gasteiger partial charge in [-0.3, -0.25) is 10.1 Å². The number of hydrogen-bond acceptors (Lipinski definition) is 6. The van der Waals surface area contributed by atoms with E-state index in [4.69, 9.17) is 9.47 Å². The monoisotopic (exact) mass is 366 g/mol. The van der Waals surface area contributed by atoms with Gasteiger partial charge in [-0.15, -0.1) is 0 Å². The first-order valence-corrected chi connectivity index (χ1v) is 8.14. The molecule has 1 aromatic carbocycles. The third-order valence-electron chi connectivity index (χ3n) is 3.94. The van der Waals surface area contributed by atoms with Gasteiger partial charge in [-0.25, -0.2) is 9.59 Å². The van der Waals surface area contributed by atoms with E-state index in [0.29, 0.717) is 13.0 Å². The average Bonchev–Trinajstić information content (AvgIpc) is 2.44. The van der Waals surface area contributed by atoms with Crippen LogP contribution in [-0.2, 0) is 4.74 Å². The number of likely N-dealkylation sites (tertiary alicyclic amines) is 1. The summed E-state index contributed by atoms with van der Waals surface area (Å²) in [6, 6.07) is 2.04. The van der Waals surface area contributed by atoms with Gasteiger partial charge < -0.3 is 19.5 Å². The van der Waals surface area contributed by atoms with Crippen LogP contribution in [0.25, 0.3) is 0 Å². The summed E-state index contributed by atoms with van der Waals surface area (Å²) in [5.41, 5.74) is -0.723. The van der Waals surface area contributed by atoms with Crippen molar-refractivity contribution in [2.45, 2.75) is 45.8 Å². The molecule has 142 valence electrons. The lowest BCUT2D eigenvalue weighted by molar-refractivity contribution is -0.386. The van der Waals surface area contributed by atoms with E-state index in [2.05, 4.69) is 0 Å². The second kappa shape index (κ2) is 7.19. The van der Waals surface area contributed by atoms with Crippen molar-refractivity contribution in [3.8, 4) is 5.75 Å². The van der Waals surface area contributed by atoms with E-state index in [-0.39, 0.29) is 35.2 Å². The molecule has 0 unspecified atom stereocenters. The van der Waals surface area contributed by atoms with Gasteiger partial charge in [0.15, 0.2) is 5.75 Å². The van der Waals surface area contributed by atoms with E-state index in [1.807, 2.05) is 0 Å². The van der Waals surface area contributed by atoms with Gasteiger partial charge in [-0.1, -0.05) is 0 Å². The number of hydrogen-bond donors (Lipinski definition) is 1. The number of nitro benzene ring substituents is 1. The molecule has 0 aromatic heterocycles. The molecule has 0 saturated carbocycles. The zero-order valence-corrected chi connectivity index (χ0v) is 15.1. The van der Waals surface area contributed by atoms with Crippen LogP contribution in [0.5, 0.6) is 5.75 Å².